The SMILES string of the molecule is CCNC(c1ccc(I)cc1)c1cncc(OC)c1. The average Bonchev–Trinajstić information content (AvgIpc) is 2.46. The summed E-state index contributed by atoms with van der Waals surface area (Å²) in [5, 5.41) is 3.49. The highest BCUT2D eigenvalue weighted by atomic mass is 127. The minimum absolute atomic E-state index is 0.143. The lowest BCUT2D eigenvalue weighted by Gasteiger charge is -2.19. The van der Waals surface area contributed by atoms with Crippen LogP contribution in [0.2, 0.25) is 0 Å². The van der Waals surface area contributed by atoms with E-state index in [1.165, 1.54) is 9.13 Å². The Balaban J connectivity index is 2.35. The summed E-state index contributed by atoms with van der Waals surface area (Å²) >= 11 is 2.31. The largest absolute Gasteiger partial charge is 0.495 e. The first-order valence-corrected chi connectivity index (χ1v) is 7.30. The molecule has 0 radical (unpaired) electrons. The van der Waals surface area contributed by atoms with Crippen molar-refractivity contribution in [1.29, 1.82) is 0 Å². The van der Waals surface area contributed by atoms with Gasteiger partial charge < -0.3 is 10.1 Å². The normalized spacial score (nSPS) is 12.2. The fourth-order valence-electron chi connectivity index (χ4n) is 1.99. The van der Waals surface area contributed by atoms with Gasteiger partial charge in [0.15, 0.2) is 0 Å². The number of ether oxygens (including phenoxy) is 1. The van der Waals surface area contributed by atoms with Crippen LogP contribution in [0.3, 0.4) is 0 Å². The molecular formula is C15H17IN2O. The molecule has 0 saturated carbocycles. The van der Waals surface area contributed by atoms with Gasteiger partial charge in [0.2, 0.25) is 0 Å². The molecule has 19 heavy (non-hydrogen) atoms. The molecule has 2 aromatic rings. The quantitative estimate of drug-likeness (QED) is 0.822. The Morgan fingerprint density at radius 1 is 1.21 bits per heavy atom. The third-order valence-corrected chi connectivity index (χ3v) is 3.63. The van der Waals surface area contributed by atoms with E-state index in [9.17, 15) is 0 Å². The zero-order valence-electron chi connectivity index (χ0n) is 11.1. The highest BCUT2D eigenvalue weighted by Gasteiger charge is 2.13. The Morgan fingerprint density at radius 3 is 2.58 bits per heavy atom. The minimum Gasteiger partial charge on any atom is -0.495 e. The molecule has 0 aliphatic heterocycles. The van der Waals surface area contributed by atoms with Crippen molar-refractivity contribution < 1.29 is 4.74 Å². The molecule has 0 amide bonds. The molecule has 0 bridgehead atoms. The van der Waals surface area contributed by atoms with Crippen molar-refractivity contribution in [2.75, 3.05) is 13.7 Å². The van der Waals surface area contributed by atoms with E-state index in [1.807, 2.05) is 12.3 Å². The van der Waals surface area contributed by atoms with Crippen LogP contribution in [0.25, 0.3) is 0 Å². The predicted molar refractivity (Wildman–Crippen MR) is 85.5 cm³/mol. The Kier molecular flexibility index (Phi) is 5.15. The van der Waals surface area contributed by atoms with Gasteiger partial charge in [-0.2, -0.15) is 0 Å². The van der Waals surface area contributed by atoms with Crippen molar-refractivity contribution in [3.8, 4) is 5.75 Å². The van der Waals surface area contributed by atoms with E-state index >= 15 is 0 Å². The molecule has 1 aromatic carbocycles. The lowest BCUT2D eigenvalue weighted by molar-refractivity contribution is 0.411. The number of methoxy groups -OCH3 is 1. The zero-order valence-corrected chi connectivity index (χ0v) is 13.2. The molecule has 0 fully saturated rings. The molecule has 3 nitrogen and oxygen atoms in total. The number of aromatic nitrogens is 1. The van der Waals surface area contributed by atoms with Crippen LogP contribution < -0.4 is 10.1 Å². The van der Waals surface area contributed by atoms with Crippen LogP contribution >= 0.6 is 22.6 Å². The molecule has 2 rings (SSSR count). The molecule has 0 spiro atoms. The molecule has 0 aliphatic rings. The van der Waals surface area contributed by atoms with E-state index in [1.54, 1.807) is 13.3 Å². The molecule has 1 aromatic heterocycles. The number of nitrogens with one attached hydrogen (secondary N) is 1. The van der Waals surface area contributed by atoms with Gasteiger partial charge in [0, 0.05) is 9.77 Å². The first-order valence-electron chi connectivity index (χ1n) is 6.22. The summed E-state index contributed by atoms with van der Waals surface area (Å²) in [7, 11) is 1.66. The smallest absolute Gasteiger partial charge is 0.137 e. The highest BCUT2D eigenvalue weighted by molar-refractivity contribution is 14.1. The lowest BCUT2D eigenvalue weighted by atomic mass is 10.00. The maximum absolute atomic E-state index is 5.25. The molecule has 0 saturated heterocycles. The van der Waals surface area contributed by atoms with Crippen LogP contribution in [-0.4, -0.2) is 18.6 Å². The standard InChI is InChI=1S/C15H17IN2O/c1-3-18-15(11-4-6-13(16)7-5-11)12-8-14(19-2)10-17-9-12/h4-10,15,18H,3H2,1-2H3. The summed E-state index contributed by atoms with van der Waals surface area (Å²) in [5.41, 5.74) is 2.35. The van der Waals surface area contributed by atoms with Gasteiger partial charge in [-0.25, -0.2) is 0 Å². The van der Waals surface area contributed by atoms with Gasteiger partial charge >= 0.3 is 0 Å². The van der Waals surface area contributed by atoms with Crippen LogP contribution in [0.1, 0.15) is 24.1 Å². The van der Waals surface area contributed by atoms with Gasteiger partial charge in [0.05, 0.1) is 19.3 Å². The number of hydrogen-bond donors (Lipinski definition) is 1. The maximum Gasteiger partial charge on any atom is 0.137 e. The second-order valence-electron chi connectivity index (χ2n) is 4.20. The molecule has 100 valence electrons. The van der Waals surface area contributed by atoms with Crippen LogP contribution in [0, 0.1) is 3.57 Å². The highest BCUT2D eigenvalue weighted by Crippen LogP contribution is 2.24. The summed E-state index contributed by atoms with van der Waals surface area (Å²) in [5.74, 6) is 0.783. The fraction of sp³-hybridized carbons (Fsp3) is 0.267. The third-order valence-electron chi connectivity index (χ3n) is 2.91. The number of nitrogens with zero attached hydrogens (tertiary/aromatic N) is 1. The van der Waals surface area contributed by atoms with Crippen LogP contribution in [0.15, 0.2) is 42.7 Å². The Bertz CT molecular complexity index is 528. The molecule has 1 unspecified atom stereocenters. The summed E-state index contributed by atoms with van der Waals surface area (Å²) in [6.45, 7) is 3.00. The summed E-state index contributed by atoms with van der Waals surface area (Å²) in [6, 6.07) is 10.7. The van der Waals surface area contributed by atoms with Crippen molar-refractivity contribution in [3.05, 3.63) is 57.4 Å². The summed E-state index contributed by atoms with van der Waals surface area (Å²) in [4.78, 5) is 4.24. The van der Waals surface area contributed by atoms with Gasteiger partial charge in [0.1, 0.15) is 5.75 Å². The van der Waals surface area contributed by atoms with E-state index in [-0.39, 0.29) is 6.04 Å². The fourth-order valence-corrected chi connectivity index (χ4v) is 2.35. The molecule has 1 heterocycles. The molecule has 4 heteroatoms. The van der Waals surface area contributed by atoms with E-state index < -0.39 is 0 Å². The number of halogens is 1. The van der Waals surface area contributed by atoms with Gasteiger partial charge in [-0.3, -0.25) is 4.98 Å². The maximum atomic E-state index is 5.25. The number of rotatable bonds is 5. The van der Waals surface area contributed by atoms with Crippen molar-refractivity contribution in [3.63, 3.8) is 0 Å². The first-order chi connectivity index (χ1) is 9.24. The lowest BCUT2D eigenvalue weighted by Crippen LogP contribution is -2.22. The zero-order chi connectivity index (χ0) is 13.7. The van der Waals surface area contributed by atoms with Crippen LogP contribution in [0.5, 0.6) is 5.75 Å². The van der Waals surface area contributed by atoms with E-state index in [2.05, 4.69) is 64.1 Å². The minimum atomic E-state index is 0.143. The second-order valence-corrected chi connectivity index (χ2v) is 5.45. The number of hydrogen-bond acceptors (Lipinski definition) is 3. The van der Waals surface area contributed by atoms with Gasteiger partial charge in [0.25, 0.3) is 0 Å². The monoisotopic (exact) mass is 368 g/mol. The van der Waals surface area contributed by atoms with Crippen LogP contribution in [-0.2, 0) is 0 Å². The summed E-state index contributed by atoms with van der Waals surface area (Å²) in [6.07, 6.45) is 3.61. The predicted octanol–water partition coefficient (Wildman–Crippen LogP) is 3.39. The Morgan fingerprint density at radius 2 is 1.95 bits per heavy atom. The molecule has 0 aliphatic carbocycles. The first kappa shape index (κ1) is 14.3. The molecular weight excluding hydrogens is 351 g/mol. The number of benzene rings is 1. The number of pyridine rings is 1. The van der Waals surface area contributed by atoms with Gasteiger partial charge in [-0.15, -0.1) is 0 Å². The van der Waals surface area contributed by atoms with Crippen molar-refractivity contribution in [2.24, 2.45) is 0 Å². The van der Waals surface area contributed by atoms with Crippen molar-refractivity contribution >= 4 is 22.6 Å². The average molecular weight is 368 g/mol. The van der Waals surface area contributed by atoms with Gasteiger partial charge in [-0.1, -0.05) is 19.1 Å². The van der Waals surface area contributed by atoms with E-state index in [4.69, 9.17) is 4.74 Å². The van der Waals surface area contributed by atoms with Crippen molar-refractivity contribution in [1.82, 2.24) is 10.3 Å². The second kappa shape index (κ2) is 6.86. The molecule has 1 N–H and O–H groups in total. The Hall–Kier alpha value is -1.14. The Labute approximate surface area is 127 Å². The van der Waals surface area contributed by atoms with Crippen LogP contribution in [0.4, 0.5) is 0 Å². The van der Waals surface area contributed by atoms with Crippen molar-refractivity contribution in [2.45, 2.75) is 13.0 Å². The summed E-state index contributed by atoms with van der Waals surface area (Å²) < 4.78 is 6.48. The van der Waals surface area contributed by atoms with Gasteiger partial charge in [-0.05, 0) is 58.5 Å². The van der Waals surface area contributed by atoms with E-state index in [0.717, 1.165) is 17.9 Å². The topological polar surface area (TPSA) is 34.2 Å². The molecule has 1 atom stereocenters. The van der Waals surface area contributed by atoms with E-state index in [0.29, 0.717) is 0 Å². The third kappa shape index (κ3) is 3.67.